The van der Waals surface area contributed by atoms with Crippen LogP contribution in [-0.2, 0) is 9.59 Å². The Morgan fingerprint density at radius 1 is 1.58 bits per heavy atom. The molecule has 0 rings (SSSR count). The van der Waals surface area contributed by atoms with E-state index in [4.69, 9.17) is 10.8 Å². The second-order valence-corrected chi connectivity index (χ2v) is 2.08. The largest absolute Gasteiger partial charge is 0.477 e. The first-order chi connectivity index (χ1) is 5.61. The minimum atomic E-state index is -1.15. The third-order valence-corrected chi connectivity index (χ3v) is 1.10. The van der Waals surface area contributed by atoms with Gasteiger partial charge in [-0.15, -0.1) is 0 Å². The minimum absolute atomic E-state index is 0.118. The van der Waals surface area contributed by atoms with Crippen LogP contribution >= 0.6 is 0 Å². The summed E-state index contributed by atoms with van der Waals surface area (Å²) < 4.78 is 0. The van der Waals surface area contributed by atoms with Crippen LogP contribution in [0.5, 0.6) is 0 Å². The molecule has 0 radical (unpaired) electrons. The first kappa shape index (κ1) is 10.6. The fourth-order valence-corrected chi connectivity index (χ4v) is 0.597. The Morgan fingerprint density at radius 3 is 2.50 bits per heavy atom. The fourth-order valence-electron chi connectivity index (χ4n) is 0.597. The number of hydrogen-bond donors (Lipinski definition) is 3. The van der Waals surface area contributed by atoms with Gasteiger partial charge in [0.25, 0.3) is 0 Å². The Labute approximate surface area is 70.2 Å². The summed E-state index contributed by atoms with van der Waals surface area (Å²) in [5.74, 6) is -1.66. The van der Waals surface area contributed by atoms with Crippen molar-refractivity contribution >= 4 is 11.9 Å². The quantitative estimate of drug-likeness (QED) is 0.495. The Balaban J connectivity index is 4.24. The second kappa shape index (κ2) is 5.31. The van der Waals surface area contributed by atoms with Crippen LogP contribution in [0.4, 0.5) is 0 Å². The second-order valence-electron chi connectivity index (χ2n) is 2.08. The number of carbonyl (C=O) groups is 2. The number of carbonyl (C=O) groups excluding carboxylic acids is 1. The van der Waals surface area contributed by atoms with Crippen LogP contribution in [0.3, 0.4) is 0 Å². The molecule has 0 spiro atoms. The lowest BCUT2D eigenvalue weighted by atomic mass is 10.3. The Morgan fingerprint density at radius 2 is 2.17 bits per heavy atom. The molecule has 0 atom stereocenters. The summed E-state index contributed by atoms with van der Waals surface area (Å²) in [7, 11) is 0. The molecule has 5 heteroatoms. The normalized spacial score (nSPS) is 11.0. The smallest absolute Gasteiger partial charge is 0.352 e. The molecule has 4 N–H and O–H groups in total. The van der Waals surface area contributed by atoms with Gasteiger partial charge in [0.1, 0.15) is 5.70 Å². The number of rotatable bonds is 4. The molecule has 0 unspecified atom stereocenters. The molecule has 68 valence electrons. The summed E-state index contributed by atoms with van der Waals surface area (Å²) in [5.41, 5.74) is 4.87. The van der Waals surface area contributed by atoms with E-state index in [0.29, 0.717) is 6.42 Å². The molecule has 5 nitrogen and oxygen atoms in total. The molecule has 0 aliphatic heterocycles. The molecule has 12 heavy (non-hydrogen) atoms. The highest BCUT2D eigenvalue weighted by molar-refractivity contribution is 5.93. The SMILES string of the molecule is CC/C=C(\NC(=O)CN)C(=O)O. The van der Waals surface area contributed by atoms with Crippen molar-refractivity contribution in [3.63, 3.8) is 0 Å². The van der Waals surface area contributed by atoms with Crippen LogP contribution in [0.25, 0.3) is 0 Å². The molecular weight excluding hydrogens is 160 g/mol. The highest BCUT2D eigenvalue weighted by Gasteiger charge is 2.08. The van der Waals surface area contributed by atoms with Crippen molar-refractivity contribution < 1.29 is 14.7 Å². The van der Waals surface area contributed by atoms with Gasteiger partial charge in [-0.05, 0) is 6.42 Å². The van der Waals surface area contributed by atoms with Crippen molar-refractivity contribution in [3.8, 4) is 0 Å². The first-order valence-corrected chi connectivity index (χ1v) is 3.55. The van der Waals surface area contributed by atoms with Crippen LogP contribution < -0.4 is 11.1 Å². The summed E-state index contributed by atoms with van der Waals surface area (Å²) in [6, 6.07) is 0. The average molecular weight is 172 g/mol. The van der Waals surface area contributed by atoms with E-state index in [1.54, 1.807) is 6.92 Å². The molecule has 0 heterocycles. The van der Waals surface area contributed by atoms with Crippen LogP contribution in [0, 0.1) is 0 Å². The lowest BCUT2D eigenvalue weighted by Gasteiger charge is -2.02. The van der Waals surface area contributed by atoms with Crippen molar-refractivity contribution in [2.75, 3.05) is 6.54 Å². The number of nitrogens with one attached hydrogen (secondary N) is 1. The maximum atomic E-state index is 10.7. The first-order valence-electron chi connectivity index (χ1n) is 3.55. The predicted molar refractivity (Wildman–Crippen MR) is 43.2 cm³/mol. The molecule has 0 aromatic carbocycles. The third-order valence-electron chi connectivity index (χ3n) is 1.10. The third kappa shape index (κ3) is 3.72. The molecule has 0 aromatic heterocycles. The number of carboxylic acids is 1. The van der Waals surface area contributed by atoms with Crippen molar-refractivity contribution in [1.82, 2.24) is 5.32 Å². The van der Waals surface area contributed by atoms with E-state index in [9.17, 15) is 9.59 Å². The van der Waals surface area contributed by atoms with Crippen molar-refractivity contribution in [2.24, 2.45) is 5.73 Å². The van der Waals surface area contributed by atoms with Gasteiger partial charge in [0.15, 0.2) is 0 Å². The number of amides is 1. The zero-order valence-electron chi connectivity index (χ0n) is 6.83. The Hall–Kier alpha value is -1.36. The van der Waals surface area contributed by atoms with Gasteiger partial charge >= 0.3 is 5.97 Å². The zero-order chi connectivity index (χ0) is 9.56. The maximum Gasteiger partial charge on any atom is 0.352 e. The summed E-state index contributed by atoms with van der Waals surface area (Å²) in [6.45, 7) is 1.56. The number of nitrogens with two attached hydrogens (primary N) is 1. The summed E-state index contributed by atoms with van der Waals surface area (Å²) in [6.07, 6.45) is 1.96. The van der Waals surface area contributed by atoms with Gasteiger partial charge in [0.2, 0.25) is 5.91 Å². The van der Waals surface area contributed by atoms with Gasteiger partial charge in [-0.2, -0.15) is 0 Å². The molecule has 1 amide bonds. The number of allylic oxidation sites excluding steroid dienone is 1. The molecule has 0 saturated heterocycles. The van der Waals surface area contributed by atoms with Gasteiger partial charge in [-0.3, -0.25) is 4.79 Å². The van der Waals surface area contributed by atoms with Gasteiger partial charge in [-0.25, -0.2) is 4.79 Å². The maximum absolute atomic E-state index is 10.7. The lowest BCUT2D eigenvalue weighted by Crippen LogP contribution is -2.32. The Kier molecular flexibility index (Phi) is 4.71. The molecule has 0 saturated carbocycles. The predicted octanol–water partition coefficient (Wildman–Crippen LogP) is -0.560. The standard InChI is InChI=1S/C7H12N2O3/c1-2-3-5(7(11)12)9-6(10)4-8/h3H,2,4,8H2,1H3,(H,9,10)(H,11,12)/b5-3-. The molecule has 0 bridgehead atoms. The molecule has 0 aromatic rings. The fraction of sp³-hybridized carbons (Fsp3) is 0.429. The molecule has 0 aliphatic carbocycles. The van der Waals surface area contributed by atoms with Crippen LogP contribution in [0.1, 0.15) is 13.3 Å². The number of aliphatic carboxylic acids is 1. The summed E-state index contributed by atoms with van der Waals surface area (Å²) in [4.78, 5) is 21.1. The topological polar surface area (TPSA) is 92.4 Å². The van der Waals surface area contributed by atoms with Crippen LogP contribution in [0.15, 0.2) is 11.8 Å². The molecule has 0 fully saturated rings. The van der Waals surface area contributed by atoms with Gasteiger partial charge in [0, 0.05) is 0 Å². The van der Waals surface area contributed by atoms with Crippen LogP contribution in [0.2, 0.25) is 0 Å². The summed E-state index contributed by atoms with van der Waals surface area (Å²) in [5, 5.41) is 10.7. The van der Waals surface area contributed by atoms with Crippen molar-refractivity contribution in [3.05, 3.63) is 11.8 Å². The highest BCUT2D eigenvalue weighted by Crippen LogP contribution is 1.91. The average Bonchev–Trinajstić information content (AvgIpc) is 2.03. The van der Waals surface area contributed by atoms with Gasteiger partial charge in [0.05, 0.1) is 6.54 Å². The van der Waals surface area contributed by atoms with E-state index >= 15 is 0 Å². The van der Waals surface area contributed by atoms with E-state index in [2.05, 4.69) is 5.32 Å². The van der Waals surface area contributed by atoms with Crippen LogP contribution in [-0.4, -0.2) is 23.5 Å². The van der Waals surface area contributed by atoms with E-state index in [-0.39, 0.29) is 12.2 Å². The number of hydrogen-bond acceptors (Lipinski definition) is 3. The molecule has 0 aliphatic rings. The molecular formula is C7H12N2O3. The lowest BCUT2D eigenvalue weighted by molar-refractivity contribution is -0.134. The van der Waals surface area contributed by atoms with E-state index in [1.165, 1.54) is 6.08 Å². The van der Waals surface area contributed by atoms with E-state index in [1.807, 2.05) is 0 Å². The van der Waals surface area contributed by atoms with E-state index < -0.39 is 11.9 Å². The van der Waals surface area contributed by atoms with Crippen molar-refractivity contribution in [2.45, 2.75) is 13.3 Å². The monoisotopic (exact) mass is 172 g/mol. The minimum Gasteiger partial charge on any atom is -0.477 e. The van der Waals surface area contributed by atoms with Crippen molar-refractivity contribution in [1.29, 1.82) is 0 Å². The van der Waals surface area contributed by atoms with Gasteiger partial charge in [-0.1, -0.05) is 13.0 Å². The van der Waals surface area contributed by atoms with Gasteiger partial charge < -0.3 is 16.2 Å². The number of carboxylic acid groups (broad SMARTS) is 1. The zero-order valence-corrected chi connectivity index (χ0v) is 6.83. The van der Waals surface area contributed by atoms with E-state index in [0.717, 1.165) is 0 Å². The summed E-state index contributed by atoms with van der Waals surface area (Å²) >= 11 is 0. The Bertz CT molecular complexity index is 211. The highest BCUT2D eigenvalue weighted by atomic mass is 16.4.